The third kappa shape index (κ3) is 1.64. The highest BCUT2D eigenvalue weighted by atomic mass is 16.5. The SMILES string of the molecule is COC(=O)c1ccn(C2CCCC2)n1. The Balaban J connectivity index is 2.12. The molecule has 1 aliphatic carbocycles. The summed E-state index contributed by atoms with van der Waals surface area (Å²) in [6.45, 7) is 0. The van der Waals surface area contributed by atoms with Crippen molar-refractivity contribution < 1.29 is 9.53 Å². The predicted molar refractivity (Wildman–Crippen MR) is 51.1 cm³/mol. The lowest BCUT2D eigenvalue weighted by Gasteiger charge is -2.08. The monoisotopic (exact) mass is 194 g/mol. The van der Waals surface area contributed by atoms with Gasteiger partial charge in [0.25, 0.3) is 0 Å². The van der Waals surface area contributed by atoms with Gasteiger partial charge in [-0.1, -0.05) is 12.8 Å². The van der Waals surface area contributed by atoms with Crippen LogP contribution in [-0.4, -0.2) is 22.9 Å². The quantitative estimate of drug-likeness (QED) is 0.674. The maximum absolute atomic E-state index is 11.1. The van der Waals surface area contributed by atoms with Crippen LogP contribution in [0.2, 0.25) is 0 Å². The second-order valence-electron chi connectivity index (χ2n) is 3.61. The molecule has 0 aliphatic heterocycles. The number of esters is 1. The van der Waals surface area contributed by atoms with Crippen molar-refractivity contribution in [3.05, 3.63) is 18.0 Å². The topological polar surface area (TPSA) is 44.1 Å². The van der Waals surface area contributed by atoms with E-state index in [0.717, 1.165) is 0 Å². The van der Waals surface area contributed by atoms with Crippen molar-refractivity contribution in [1.82, 2.24) is 9.78 Å². The van der Waals surface area contributed by atoms with Crippen LogP contribution in [0.1, 0.15) is 42.2 Å². The van der Waals surface area contributed by atoms with Gasteiger partial charge in [0.2, 0.25) is 0 Å². The van der Waals surface area contributed by atoms with Gasteiger partial charge in [0.05, 0.1) is 13.2 Å². The van der Waals surface area contributed by atoms with Gasteiger partial charge in [-0.2, -0.15) is 5.10 Å². The van der Waals surface area contributed by atoms with Gasteiger partial charge >= 0.3 is 5.97 Å². The maximum Gasteiger partial charge on any atom is 0.358 e. The molecule has 0 amide bonds. The molecular weight excluding hydrogens is 180 g/mol. The number of carbonyl (C=O) groups is 1. The lowest BCUT2D eigenvalue weighted by atomic mass is 10.3. The maximum atomic E-state index is 11.1. The number of hydrogen-bond acceptors (Lipinski definition) is 3. The summed E-state index contributed by atoms with van der Waals surface area (Å²) in [5.74, 6) is -0.359. The van der Waals surface area contributed by atoms with Crippen LogP contribution in [-0.2, 0) is 4.74 Å². The standard InChI is InChI=1S/C10H14N2O2/c1-14-10(13)9-6-7-12(11-9)8-4-2-3-5-8/h6-8H,2-5H2,1H3. The summed E-state index contributed by atoms with van der Waals surface area (Å²) in [6.07, 6.45) is 6.73. The Morgan fingerprint density at radius 1 is 1.57 bits per heavy atom. The molecule has 1 saturated carbocycles. The molecule has 0 spiro atoms. The molecule has 1 heterocycles. The first-order valence-corrected chi connectivity index (χ1v) is 4.95. The van der Waals surface area contributed by atoms with Crippen molar-refractivity contribution in [2.75, 3.05) is 7.11 Å². The minimum absolute atomic E-state index is 0.359. The Bertz CT molecular complexity index is 327. The number of nitrogens with zero attached hydrogens (tertiary/aromatic N) is 2. The Morgan fingerprint density at radius 2 is 2.29 bits per heavy atom. The average Bonchev–Trinajstić information content (AvgIpc) is 2.86. The molecular formula is C10H14N2O2. The van der Waals surface area contributed by atoms with Crippen LogP contribution >= 0.6 is 0 Å². The molecule has 0 aromatic carbocycles. The lowest BCUT2D eigenvalue weighted by Crippen LogP contribution is -2.08. The molecule has 4 heteroatoms. The fraction of sp³-hybridized carbons (Fsp3) is 0.600. The number of rotatable bonds is 2. The van der Waals surface area contributed by atoms with Gasteiger partial charge < -0.3 is 4.74 Å². The van der Waals surface area contributed by atoms with E-state index >= 15 is 0 Å². The number of hydrogen-bond donors (Lipinski definition) is 0. The van der Waals surface area contributed by atoms with Crippen LogP contribution in [0.5, 0.6) is 0 Å². The lowest BCUT2D eigenvalue weighted by molar-refractivity contribution is 0.0592. The second kappa shape index (κ2) is 3.82. The van der Waals surface area contributed by atoms with Gasteiger partial charge in [0, 0.05) is 6.20 Å². The molecule has 0 atom stereocenters. The zero-order valence-electron chi connectivity index (χ0n) is 8.27. The van der Waals surface area contributed by atoms with Crippen molar-refractivity contribution in [3.63, 3.8) is 0 Å². The normalized spacial score (nSPS) is 17.2. The van der Waals surface area contributed by atoms with E-state index in [1.54, 1.807) is 6.07 Å². The summed E-state index contributed by atoms with van der Waals surface area (Å²) in [5.41, 5.74) is 0.402. The number of aromatic nitrogens is 2. The number of methoxy groups -OCH3 is 1. The summed E-state index contributed by atoms with van der Waals surface area (Å²) in [4.78, 5) is 11.1. The smallest absolute Gasteiger partial charge is 0.358 e. The molecule has 1 fully saturated rings. The minimum Gasteiger partial charge on any atom is -0.464 e. The third-order valence-electron chi connectivity index (χ3n) is 2.70. The molecule has 1 aromatic rings. The van der Waals surface area contributed by atoms with Gasteiger partial charge in [-0.3, -0.25) is 4.68 Å². The van der Waals surface area contributed by atoms with Crippen molar-refractivity contribution in [2.45, 2.75) is 31.7 Å². The van der Waals surface area contributed by atoms with E-state index in [0.29, 0.717) is 11.7 Å². The first kappa shape index (κ1) is 9.24. The first-order chi connectivity index (χ1) is 6.81. The van der Waals surface area contributed by atoms with Crippen molar-refractivity contribution in [2.24, 2.45) is 0 Å². The van der Waals surface area contributed by atoms with Crippen LogP contribution in [0, 0.1) is 0 Å². The molecule has 1 aromatic heterocycles. The van der Waals surface area contributed by atoms with Gasteiger partial charge in [0.15, 0.2) is 5.69 Å². The Kier molecular flexibility index (Phi) is 2.52. The van der Waals surface area contributed by atoms with Crippen LogP contribution in [0.15, 0.2) is 12.3 Å². The van der Waals surface area contributed by atoms with Crippen molar-refractivity contribution in [1.29, 1.82) is 0 Å². The summed E-state index contributed by atoms with van der Waals surface area (Å²) >= 11 is 0. The largest absolute Gasteiger partial charge is 0.464 e. The Labute approximate surface area is 82.9 Å². The van der Waals surface area contributed by atoms with E-state index in [-0.39, 0.29) is 5.97 Å². The number of ether oxygens (including phenoxy) is 1. The van der Waals surface area contributed by atoms with Gasteiger partial charge in [-0.05, 0) is 18.9 Å². The predicted octanol–water partition coefficient (Wildman–Crippen LogP) is 1.78. The van der Waals surface area contributed by atoms with E-state index < -0.39 is 0 Å². The van der Waals surface area contributed by atoms with E-state index in [1.807, 2.05) is 10.9 Å². The fourth-order valence-corrected chi connectivity index (χ4v) is 1.92. The van der Waals surface area contributed by atoms with E-state index in [9.17, 15) is 4.79 Å². The minimum atomic E-state index is -0.359. The average molecular weight is 194 g/mol. The molecule has 0 unspecified atom stereocenters. The molecule has 0 radical (unpaired) electrons. The molecule has 0 bridgehead atoms. The van der Waals surface area contributed by atoms with Crippen LogP contribution in [0.4, 0.5) is 0 Å². The highest BCUT2D eigenvalue weighted by Gasteiger charge is 2.19. The molecule has 0 saturated heterocycles. The molecule has 4 nitrogen and oxygen atoms in total. The third-order valence-corrected chi connectivity index (χ3v) is 2.70. The highest BCUT2D eigenvalue weighted by molar-refractivity contribution is 5.86. The van der Waals surface area contributed by atoms with Crippen molar-refractivity contribution in [3.8, 4) is 0 Å². The fourth-order valence-electron chi connectivity index (χ4n) is 1.92. The Hall–Kier alpha value is -1.32. The van der Waals surface area contributed by atoms with Crippen LogP contribution in [0.3, 0.4) is 0 Å². The second-order valence-corrected chi connectivity index (χ2v) is 3.61. The summed E-state index contributed by atoms with van der Waals surface area (Å²) in [5, 5.41) is 4.21. The van der Waals surface area contributed by atoms with E-state index in [4.69, 9.17) is 0 Å². The zero-order chi connectivity index (χ0) is 9.97. The van der Waals surface area contributed by atoms with Crippen LogP contribution in [0.25, 0.3) is 0 Å². The Morgan fingerprint density at radius 3 is 2.93 bits per heavy atom. The molecule has 14 heavy (non-hydrogen) atoms. The zero-order valence-corrected chi connectivity index (χ0v) is 8.27. The van der Waals surface area contributed by atoms with Crippen LogP contribution < -0.4 is 0 Å². The molecule has 1 aliphatic rings. The van der Waals surface area contributed by atoms with Gasteiger partial charge in [-0.15, -0.1) is 0 Å². The highest BCUT2D eigenvalue weighted by Crippen LogP contribution is 2.28. The summed E-state index contributed by atoms with van der Waals surface area (Å²) < 4.78 is 6.49. The summed E-state index contributed by atoms with van der Waals surface area (Å²) in [7, 11) is 1.37. The van der Waals surface area contributed by atoms with E-state index in [2.05, 4.69) is 9.84 Å². The molecule has 2 rings (SSSR count). The molecule has 76 valence electrons. The van der Waals surface area contributed by atoms with E-state index in [1.165, 1.54) is 32.8 Å². The molecule has 0 N–H and O–H groups in total. The van der Waals surface area contributed by atoms with Crippen molar-refractivity contribution >= 4 is 5.97 Å². The van der Waals surface area contributed by atoms with Gasteiger partial charge in [0.1, 0.15) is 0 Å². The first-order valence-electron chi connectivity index (χ1n) is 4.95. The number of carbonyl (C=O) groups excluding carboxylic acids is 1. The van der Waals surface area contributed by atoms with Gasteiger partial charge in [-0.25, -0.2) is 4.79 Å². The summed E-state index contributed by atoms with van der Waals surface area (Å²) in [6, 6.07) is 2.19.